The smallest absolute Gasteiger partial charge is 0.241 e. The van der Waals surface area contributed by atoms with E-state index >= 15 is 0 Å². The van der Waals surface area contributed by atoms with Gasteiger partial charge in [-0.1, -0.05) is 33.1 Å². The van der Waals surface area contributed by atoms with E-state index in [1.807, 2.05) is 0 Å². The third-order valence-corrected chi connectivity index (χ3v) is 1.79. The third kappa shape index (κ3) is 7.58. The Kier molecular flexibility index (Phi) is 8.19. The molecule has 0 spiro atoms. The van der Waals surface area contributed by atoms with Crippen molar-refractivity contribution in [2.75, 3.05) is 6.54 Å². The van der Waals surface area contributed by atoms with E-state index < -0.39 is 0 Å². The van der Waals surface area contributed by atoms with E-state index in [-0.39, 0.29) is 5.91 Å². The molecule has 0 aliphatic heterocycles. The fraction of sp³-hybridized carbons (Fsp3) is 0.900. The van der Waals surface area contributed by atoms with Gasteiger partial charge in [0.1, 0.15) is 0 Å². The molecule has 1 amide bonds. The van der Waals surface area contributed by atoms with E-state index in [0.717, 1.165) is 25.8 Å². The predicted molar refractivity (Wildman–Crippen MR) is 51.1 cm³/mol. The molecule has 0 heterocycles. The van der Waals surface area contributed by atoms with Crippen LogP contribution in [-0.4, -0.2) is 12.5 Å². The summed E-state index contributed by atoms with van der Waals surface area (Å²) in [6.07, 6.45) is 6.15. The van der Waals surface area contributed by atoms with Gasteiger partial charge in [0.15, 0.2) is 0 Å². The number of hydrogen-bond acceptors (Lipinski definition) is 1. The molecule has 0 aromatic heterocycles. The number of hydrogen-bond donors (Lipinski definition) is 0. The summed E-state index contributed by atoms with van der Waals surface area (Å²) in [4.78, 5) is 11.0. The number of amides is 1. The van der Waals surface area contributed by atoms with Crippen molar-refractivity contribution in [3.8, 4) is 0 Å². The first kappa shape index (κ1) is 11.5. The van der Waals surface area contributed by atoms with Crippen LogP contribution in [0.5, 0.6) is 0 Å². The Hall–Kier alpha value is -0.530. The Morgan fingerprint density at radius 1 is 1.08 bits per heavy atom. The second-order valence-electron chi connectivity index (χ2n) is 3.09. The predicted octanol–water partition coefficient (Wildman–Crippen LogP) is 2.50. The minimum atomic E-state index is 0.0907. The zero-order valence-corrected chi connectivity index (χ0v) is 8.31. The quantitative estimate of drug-likeness (QED) is 0.540. The van der Waals surface area contributed by atoms with Gasteiger partial charge in [-0.2, -0.15) is 0 Å². The highest BCUT2D eigenvalue weighted by atomic mass is 16.1. The lowest BCUT2D eigenvalue weighted by Gasteiger charge is -1.99. The van der Waals surface area contributed by atoms with Crippen molar-refractivity contribution in [3.05, 3.63) is 0 Å². The van der Waals surface area contributed by atoms with Gasteiger partial charge in [-0.3, -0.25) is 10.1 Å². The average Bonchev–Trinajstić information content (AvgIpc) is 2.09. The topological polar surface area (TPSA) is 31.2 Å². The van der Waals surface area contributed by atoms with Crippen molar-refractivity contribution in [1.29, 1.82) is 0 Å². The van der Waals surface area contributed by atoms with Gasteiger partial charge in [0.25, 0.3) is 0 Å². The van der Waals surface area contributed by atoms with Gasteiger partial charge in [-0.15, -0.1) is 0 Å². The monoisotopic (exact) mass is 170 g/mol. The largest absolute Gasteiger partial charge is 0.273 e. The normalized spacial score (nSPS) is 9.83. The van der Waals surface area contributed by atoms with Crippen molar-refractivity contribution in [2.45, 2.75) is 52.4 Å². The molecular formula is C10H20NO. The van der Waals surface area contributed by atoms with Gasteiger partial charge in [0, 0.05) is 13.0 Å². The second-order valence-corrected chi connectivity index (χ2v) is 3.09. The van der Waals surface area contributed by atoms with Crippen LogP contribution in [0, 0.1) is 0 Å². The highest BCUT2D eigenvalue weighted by Gasteiger charge is 1.99. The maximum absolute atomic E-state index is 11.0. The van der Waals surface area contributed by atoms with E-state index in [1.54, 1.807) is 0 Å². The summed E-state index contributed by atoms with van der Waals surface area (Å²) in [5.74, 6) is 0.0907. The molecule has 0 aromatic carbocycles. The van der Waals surface area contributed by atoms with Crippen molar-refractivity contribution < 1.29 is 4.79 Å². The maximum Gasteiger partial charge on any atom is 0.241 e. The number of carbonyl (C=O) groups excluding carboxylic acids is 1. The lowest BCUT2D eigenvalue weighted by molar-refractivity contribution is -0.121. The van der Waals surface area contributed by atoms with Gasteiger partial charge in [0.05, 0.1) is 0 Å². The van der Waals surface area contributed by atoms with Crippen LogP contribution in [0.4, 0.5) is 0 Å². The first-order chi connectivity index (χ1) is 5.81. The second kappa shape index (κ2) is 8.57. The first-order valence-corrected chi connectivity index (χ1v) is 5.01. The fourth-order valence-electron chi connectivity index (χ4n) is 0.973. The highest BCUT2D eigenvalue weighted by molar-refractivity contribution is 5.75. The molecule has 12 heavy (non-hydrogen) atoms. The summed E-state index contributed by atoms with van der Waals surface area (Å²) < 4.78 is 0. The summed E-state index contributed by atoms with van der Waals surface area (Å²) in [5.41, 5.74) is 0. The maximum atomic E-state index is 11.0. The van der Waals surface area contributed by atoms with Gasteiger partial charge in [-0.05, 0) is 12.8 Å². The Balaban J connectivity index is 3.08. The Bertz CT molecular complexity index is 112. The van der Waals surface area contributed by atoms with Crippen LogP contribution in [0.3, 0.4) is 0 Å². The molecular weight excluding hydrogens is 150 g/mol. The molecule has 1 radical (unpaired) electrons. The molecule has 71 valence electrons. The van der Waals surface area contributed by atoms with E-state index in [4.69, 9.17) is 0 Å². The molecule has 0 atom stereocenters. The molecule has 0 aromatic rings. The van der Waals surface area contributed by atoms with Crippen molar-refractivity contribution in [3.63, 3.8) is 0 Å². The molecule has 2 heteroatoms. The summed E-state index contributed by atoms with van der Waals surface area (Å²) in [5, 5.41) is 3.96. The lowest BCUT2D eigenvalue weighted by Crippen LogP contribution is -2.16. The SMILES string of the molecule is CCCCC[N]C(=O)CCCC. The third-order valence-electron chi connectivity index (χ3n) is 1.79. The zero-order chi connectivity index (χ0) is 9.23. The van der Waals surface area contributed by atoms with Gasteiger partial charge >= 0.3 is 0 Å². The van der Waals surface area contributed by atoms with Gasteiger partial charge in [-0.25, -0.2) is 0 Å². The summed E-state index contributed by atoms with van der Waals surface area (Å²) in [7, 11) is 0. The molecule has 0 rings (SSSR count). The minimum absolute atomic E-state index is 0.0907. The molecule has 0 saturated carbocycles. The van der Waals surface area contributed by atoms with Crippen LogP contribution in [0.25, 0.3) is 0 Å². The Morgan fingerprint density at radius 3 is 2.33 bits per heavy atom. The van der Waals surface area contributed by atoms with Crippen LogP contribution in [0.2, 0.25) is 0 Å². The Labute approximate surface area is 75.7 Å². The minimum Gasteiger partial charge on any atom is -0.273 e. The zero-order valence-electron chi connectivity index (χ0n) is 8.31. The number of rotatable bonds is 7. The van der Waals surface area contributed by atoms with Crippen molar-refractivity contribution >= 4 is 5.91 Å². The van der Waals surface area contributed by atoms with E-state index in [9.17, 15) is 4.79 Å². The molecule has 0 fully saturated rings. The van der Waals surface area contributed by atoms with E-state index in [0.29, 0.717) is 6.42 Å². The van der Waals surface area contributed by atoms with Crippen LogP contribution in [0.15, 0.2) is 0 Å². The van der Waals surface area contributed by atoms with Crippen LogP contribution in [-0.2, 0) is 4.79 Å². The molecule has 2 nitrogen and oxygen atoms in total. The molecule has 0 unspecified atom stereocenters. The molecule has 0 saturated heterocycles. The molecule has 0 aliphatic rings. The fourth-order valence-corrected chi connectivity index (χ4v) is 0.973. The van der Waals surface area contributed by atoms with Crippen LogP contribution in [0.1, 0.15) is 52.4 Å². The van der Waals surface area contributed by atoms with Crippen LogP contribution >= 0.6 is 0 Å². The molecule has 0 bridgehead atoms. The number of nitrogens with zero attached hydrogens (tertiary/aromatic N) is 1. The van der Waals surface area contributed by atoms with Gasteiger partial charge < -0.3 is 0 Å². The lowest BCUT2D eigenvalue weighted by atomic mass is 10.2. The highest BCUT2D eigenvalue weighted by Crippen LogP contribution is 1.96. The standard InChI is InChI=1S/C10H20NO/c1-3-5-7-9-11-10(12)8-6-4-2/h3-9H2,1-2H3. The molecule has 0 N–H and O–H groups in total. The summed E-state index contributed by atoms with van der Waals surface area (Å²) >= 11 is 0. The van der Waals surface area contributed by atoms with E-state index in [1.165, 1.54) is 12.8 Å². The summed E-state index contributed by atoms with van der Waals surface area (Å²) in [6, 6.07) is 0. The Morgan fingerprint density at radius 2 is 1.75 bits per heavy atom. The van der Waals surface area contributed by atoms with E-state index in [2.05, 4.69) is 19.2 Å². The van der Waals surface area contributed by atoms with Crippen LogP contribution < -0.4 is 5.32 Å². The van der Waals surface area contributed by atoms with Crippen molar-refractivity contribution in [2.24, 2.45) is 0 Å². The van der Waals surface area contributed by atoms with Gasteiger partial charge in [0.2, 0.25) is 5.91 Å². The molecule has 0 aliphatic carbocycles. The first-order valence-electron chi connectivity index (χ1n) is 5.01. The number of carbonyl (C=O) groups is 1. The number of unbranched alkanes of at least 4 members (excludes halogenated alkanes) is 3. The van der Waals surface area contributed by atoms with Crippen molar-refractivity contribution in [1.82, 2.24) is 5.32 Å². The summed E-state index contributed by atoms with van der Waals surface area (Å²) in [6.45, 7) is 4.97. The average molecular weight is 170 g/mol.